The molecule has 0 radical (unpaired) electrons. The Balaban J connectivity index is 2.84. The van der Waals surface area contributed by atoms with E-state index in [1.165, 1.54) is 0 Å². The second kappa shape index (κ2) is 5.16. The first kappa shape index (κ1) is 14.1. The highest BCUT2D eigenvalue weighted by molar-refractivity contribution is 7.89. The number of H-pyrrole nitrogens is 1. The molecule has 0 spiro atoms. The van der Waals surface area contributed by atoms with E-state index in [1.54, 1.807) is 13.8 Å². The zero-order chi connectivity index (χ0) is 13.2. The van der Waals surface area contributed by atoms with Crippen molar-refractivity contribution in [2.24, 2.45) is 11.7 Å². The lowest BCUT2D eigenvalue weighted by atomic mass is 10.1. The highest BCUT2D eigenvalue weighted by Crippen LogP contribution is 2.16. The predicted molar refractivity (Wildman–Crippen MR) is 66.1 cm³/mol. The van der Waals surface area contributed by atoms with Gasteiger partial charge in [0.1, 0.15) is 4.90 Å². The van der Waals surface area contributed by atoms with Gasteiger partial charge in [-0.15, -0.1) is 0 Å². The molecular formula is C10H20N4O2S. The Bertz CT molecular complexity index is 459. The number of hydrogen-bond acceptors (Lipinski definition) is 4. The van der Waals surface area contributed by atoms with Gasteiger partial charge in [-0.05, 0) is 19.8 Å². The first-order valence-corrected chi connectivity index (χ1v) is 7.01. The highest BCUT2D eigenvalue weighted by atomic mass is 32.2. The average molecular weight is 260 g/mol. The lowest BCUT2D eigenvalue weighted by Gasteiger charge is -2.16. The van der Waals surface area contributed by atoms with Gasteiger partial charge < -0.3 is 5.73 Å². The number of hydrogen-bond donors (Lipinski definition) is 3. The normalized spacial score (nSPS) is 14.2. The Morgan fingerprint density at radius 3 is 2.41 bits per heavy atom. The molecule has 0 fully saturated rings. The van der Waals surface area contributed by atoms with E-state index >= 15 is 0 Å². The van der Waals surface area contributed by atoms with Gasteiger partial charge in [-0.3, -0.25) is 5.10 Å². The second-order valence-electron chi connectivity index (χ2n) is 4.52. The fraction of sp³-hybridized carbons (Fsp3) is 0.700. The maximum absolute atomic E-state index is 12.0. The topological polar surface area (TPSA) is 101 Å². The lowest BCUT2D eigenvalue weighted by Crippen LogP contribution is -2.40. The zero-order valence-corrected chi connectivity index (χ0v) is 11.4. The summed E-state index contributed by atoms with van der Waals surface area (Å²) in [4.78, 5) is 0.216. The molecule has 0 saturated heterocycles. The standard InChI is InChI=1S/C10H20N4O2S/c1-6(2)9(11)5-12-17(15,16)10-7(3)13-14-8(10)4/h6,9,12H,5,11H2,1-4H3,(H,13,14). The van der Waals surface area contributed by atoms with Gasteiger partial charge in [0, 0.05) is 12.6 Å². The number of aromatic nitrogens is 2. The SMILES string of the molecule is Cc1n[nH]c(C)c1S(=O)(=O)NCC(N)C(C)C. The number of nitrogens with two attached hydrogens (primary N) is 1. The first-order valence-electron chi connectivity index (χ1n) is 5.52. The summed E-state index contributed by atoms with van der Waals surface area (Å²) in [6.45, 7) is 7.46. The van der Waals surface area contributed by atoms with Crippen molar-refractivity contribution >= 4 is 10.0 Å². The molecule has 0 amide bonds. The minimum Gasteiger partial charge on any atom is -0.326 e. The van der Waals surface area contributed by atoms with Crippen LogP contribution < -0.4 is 10.5 Å². The molecule has 1 atom stereocenters. The van der Waals surface area contributed by atoms with E-state index in [2.05, 4.69) is 14.9 Å². The molecule has 17 heavy (non-hydrogen) atoms. The van der Waals surface area contributed by atoms with Crippen LogP contribution in [0.1, 0.15) is 25.2 Å². The lowest BCUT2D eigenvalue weighted by molar-refractivity contribution is 0.481. The van der Waals surface area contributed by atoms with Crippen molar-refractivity contribution < 1.29 is 8.42 Å². The van der Waals surface area contributed by atoms with Gasteiger partial charge >= 0.3 is 0 Å². The van der Waals surface area contributed by atoms with Crippen LogP contribution >= 0.6 is 0 Å². The fourth-order valence-electron chi connectivity index (χ4n) is 1.45. The molecule has 1 aromatic rings. The highest BCUT2D eigenvalue weighted by Gasteiger charge is 2.22. The second-order valence-corrected chi connectivity index (χ2v) is 6.23. The molecular weight excluding hydrogens is 240 g/mol. The fourth-order valence-corrected chi connectivity index (χ4v) is 2.89. The molecule has 1 unspecified atom stereocenters. The molecule has 0 saturated carbocycles. The van der Waals surface area contributed by atoms with Crippen molar-refractivity contribution in [3.05, 3.63) is 11.4 Å². The molecule has 4 N–H and O–H groups in total. The number of aryl methyl sites for hydroxylation is 2. The van der Waals surface area contributed by atoms with Crippen LogP contribution in [0.25, 0.3) is 0 Å². The Morgan fingerprint density at radius 2 is 2.00 bits per heavy atom. The Hall–Kier alpha value is -0.920. The summed E-state index contributed by atoms with van der Waals surface area (Å²) in [5.41, 5.74) is 6.80. The molecule has 1 rings (SSSR count). The molecule has 0 aliphatic rings. The number of nitrogens with zero attached hydrogens (tertiary/aromatic N) is 1. The largest absolute Gasteiger partial charge is 0.326 e. The van der Waals surface area contributed by atoms with Crippen molar-refractivity contribution in [3.8, 4) is 0 Å². The van der Waals surface area contributed by atoms with Gasteiger partial charge in [0.15, 0.2) is 0 Å². The van der Waals surface area contributed by atoms with Gasteiger partial charge in [0.05, 0.1) is 11.4 Å². The third-order valence-corrected chi connectivity index (χ3v) is 4.38. The molecule has 7 heteroatoms. The maximum atomic E-state index is 12.0. The van der Waals surface area contributed by atoms with Crippen molar-refractivity contribution in [1.82, 2.24) is 14.9 Å². The summed E-state index contributed by atoms with van der Waals surface area (Å²) in [6.07, 6.45) is 0. The summed E-state index contributed by atoms with van der Waals surface area (Å²) in [5, 5.41) is 6.52. The number of aromatic amines is 1. The van der Waals surface area contributed by atoms with E-state index in [0.29, 0.717) is 11.4 Å². The molecule has 1 heterocycles. The number of sulfonamides is 1. The van der Waals surface area contributed by atoms with Crippen molar-refractivity contribution in [2.45, 2.75) is 38.6 Å². The van der Waals surface area contributed by atoms with Crippen LogP contribution in [0.15, 0.2) is 4.90 Å². The average Bonchev–Trinajstić information content (AvgIpc) is 2.55. The Kier molecular flexibility index (Phi) is 4.29. The number of rotatable bonds is 5. The minimum atomic E-state index is -3.53. The molecule has 1 aromatic heterocycles. The monoisotopic (exact) mass is 260 g/mol. The van der Waals surface area contributed by atoms with E-state index < -0.39 is 10.0 Å². The molecule has 0 bridgehead atoms. The zero-order valence-electron chi connectivity index (χ0n) is 10.6. The van der Waals surface area contributed by atoms with Crippen LogP contribution in [0, 0.1) is 19.8 Å². The van der Waals surface area contributed by atoms with Gasteiger partial charge in [0.2, 0.25) is 10.0 Å². The molecule has 0 aromatic carbocycles. The van der Waals surface area contributed by atoms with Crippen LogP contribution in [0.3, 0.4) is 0 Å². The quantitative estimate of drug-likeness (QED) is 0.708. The van der Waals surface area contributed by atoms with E-state index in [9.17, 15) is 8.42 Å². The molecule has 0 aliphatic heterocycles. The number of nitrogens with one attached hydrogen (secondary N) is 2. The van der Waals surface area contributed by atoms with Crippen LogP contribution in [0.4, 0.5) is 0 Å². The van der Waals surface area contributed by atoms with Gasteiger partial charge in [-0.2, -0.15) is 5.10 Å². The van der Waals surface area contributed by atoms with Crippen LogP contribution in [-0.4, -0.2) is 31.2 Å². The Morgan fingerprint density at radius 1 is 1.41 bits per heavy atom. The molecule has 0 aliphatic carbocycles. The van der Waals surface area contributed by atoms with Crippen LogP contribution in [-0.2, 0) is 10.0 Å². The van der Waals surface area contributed by atoms with E-state index in [1.807, 2.05) is 13.8 Å². The first-order chi connectivity index (χ1) is 7.75. The van der Waals surface area contributed by atoms with Gasteiger partial charge in [-0.25, -0.2) is 13.1 Å². The summed E-state index contributed by atoms with van der Waals surface area (Å²) >= 11 is 0. The van der Waals surface area contributed by atoms with E-state index in [4.69, 9.17) is 5.73 Å². The third kappa shape index (κ3) is 3.27. The minimum absolute atomic E-state index is 0.197. The predicted octanol–water partition coefficient (Wildman–Crippen LogP) is 0.288. The molecule has 98 valence electrons. The van der Waals surface area contributed by atoms with Crippen molar-refractivity contribution in [1.29, 1.82) is 0 Å². The van der Waals surface area contributed by atoms with E-state index in [0.717, 1.165) is 0 Å². The van der Waals surface area contributed by atoms with Crippen molar-refractivity contribution in [2.75, 3.05) is 6.54 Å². The summed E-state index contributed by atoms with van der Waals surface area (Å²) in [6, 6.07) is -0.197. The van der Waals surface area contributed by atoms with Crippen molar-refractivity contribution in [3.63, 3.8) is 0 Å². The summed E-state index contributed by atoms with van der Waals surface area (Å²) < 4.78 is 26.6. The van der Waals surface area contributed by atoms with E-state index in [-0.39, 0.29) is 23.4 Å². The van der Waals surface area contributed by atoms with Gasteiger partial charge in [-0.1, -0.05) is 13.8 Å². The molecule has 6 nitrogen and oxygen atoms in total. The smallest absolute Gasteiger partial charge is 0.244 e. The summed E-state index contributed by atoms with van der Waals surface area (Å²) in [7, 11) is -3.53. The van der Waals surface area contributed by atoms with Crippen LogP contribution in [0.2, 0.25) is 0 Å². The summed E-state index contributed by atoms with van der Waals surface area (Å²) in [5.74, 6) is 0.226. The Labute approximate surface area is 102 Å². The van der Waals surface area contributed by atoms with Crippen LogP contribution in [0.5, 0.6) is 0 Å². The maximum Gasteiger partial charge on any atom is 0.244 e. The third-order valence-electron chi connectivity index (χ3n) is 2.69. The van der Waals surface area contributed by atoms with Gasteiger partial charge in [0.25, 0.3) is 0 Å².